The van der Waals surface area contributed by atoms with E-state index in [0.29, 0.717) is 18.6 Å². The van der Waals surface area contributed by atoms with E-state index < -0.39 is 5.60 Å². The molecule has 2 N–H and O–H groups in total. The van der Waals surface area contributed by atoms with Crippen molar-refractivity contribution in [1.82, 2.24) is 5.32 Å². The first-order valence-corrected chi connectivity index (χ1v) is 6.52. The second-order valence-corrected chi connectivity index (χ2v) is 5.51. The number of nitrogens with one attached hydrogen (secondary N) is 1. The Morgan fingerprint density at radius 3 is 2.75 bits per heavy atom. The highest BCUT2D eigenvalue weighted by atomic mass is 16.5. The van der Waals surface area contributed by atoms with Gasteiger partial charge < -0.3 is 15.2 Å². The molecule has 0 aromatic rings. The molecule has 1 fully saturated rings. The Hall–Kier alpha value is -0.120. The van der Waals surface area contributed by atoms with Crippen LogP contribution in [-0.2, 0) is 4.74 Å². The van der Waals surface area contributed by atoms with Crippen LogP contribution < -0.4 is 5.32 Å². The molecule has 3 unspecified atom stereocenters. The summed E-state index contributed by atoms with van der Waals surface area (Å²) in [6.07, 6.45) is 2.65. The summed E-state index contributed by atoms with van der Waals surface area (Å²) in [5.74, 6) is 0.898. The van der Waals surface area contributed by atoms with Gasteiger partial charge in [0, 0.05) is 19.7 Å². The van der Waals surface area contributed by atoms with Gasteiger partial charge in [0.25, 0.3) is 0 Å². The zero-order valence-corrected chi connectivity index (χ0v) is 11.1. The number of ether oxygens (including phenoxy) is 1. The van der Waals surface area contributed by atoms with Gasteiger partial charge in [-0.15, -0.1) is 0 Å². The summed E-state index contributed by atoms with van der Waals surface area (Å²) in [5, 5.41) is 13.5. The Morgan fingerprint density at radius 2 is 2.19 bits per heavy atom. The molecule has 0 aliphatic carbocycles. The maximum Gasteiger partial charge on any atom is 0.0766 e. The summed E-state index contributed by atoms with van der Waals surface area (Å²) >= 11 is 0. The average molecular weight is 229 g/mol. The Morgan fingerprint density at radius 1 is 1.50 bits per heavy atom. The maximum atomic E-state index is 10.1. The summed E-state index contributed by atoms with van der Waals surface area (Å²) < 4.78 is 5.64. The van der Waals surface area contributed by atoms with Crippen molar-refractivity contribution in [3.8, 4) is 0 Å². The number of hydrogen-bond acceptors (Lipinski definition) is 3. The van der Waals surface area contributed by atoms with Gasteiger partial charge in [-0.1, -0.05) is 20.8 Å². The number of aliphatic hydroxyl groups is 1. The molecular formula is C13H27NO2. The second kappa shape index (κ2) is 5.99. The molecule has 3 atom stereocenters. The molecule has 3 nitrogen and oxygen atoms in total. The third-order valence-corrected chi connectivity index (χ3v) is 3.88. The first kappa shape index (κ1) is 13.9. The molecule has 3 heteroatoms. The Kier molecular flexibility index (Phi) is 5.22. The highest BCUT2D eigenvalue weighted by molar-refractivity contribution is 4.82. The predicted molar refractivity (Wildman–Crippen MR) is 66.5 cm³/mol. The van der Waals surface area contributed by atoms with Crippen molar-refractivity contribution in [3.05, 3.63) is 0 Å². The van der Waals surface area contributed by atoms with Gasteiger partial charge in [-0.2, -0.15) is 0 Å². The van der Waals surface area contributed by atoms with Gasteiger partial charge in [-0.3, -0.25) is 0 Å². The zero-order chi connectivity index (χ0) is 12.2. The highest BCUT2D eigenvalue weighted by Gasteiger charge is 2.28. The summed E-state index contributed by atoms with van der Waals surface area (Å²) in [7, 11) is 0. The molecular weight excluding hydrogens is 202 g/mol. The van der Waals surface area contributed by atoms with E-state index in [1.54, 1.807) is 0 Å². The standard InChI is InChI=1S/C13H27NO2/c1-5-12-11(6-7-16-12)8-14-9-13(4,15)10(2)3/h10-12,14-15H,5-9H2,1-4H3. The van der Waals surface area contributed by atoms with Gasteiger partial charge >= 0.3 is 0 Å². The van der Waals surface area contributed by atoms with E-state index in [1.807, 2.05) is 6.92 Å². The summed E-state index contributed by atoms with van der Waals surface area (Å²) in [6.45, 7) is 10.7. The van der Waals surface area contributed by atoms with Crippen molar-refractivity contribution < 1.29 is 9.84 Å². The molecule has 0 amide bonds. The molecule has 96 valence electrons. The normalized spacial score (nSPS) is 29.6. The predicted octanol–water partition coefficient (Wildman–Crippen LogP) is 1.80. The fourth-order valence-electron chi connectivity index (χ4n) is 2.09. The van der Waals surface area contributed by atoms with Gasteiger partial charge in [0.05, 0.1) is 11.7 Å². The molecule has 0 aromatic heterocycles. The second-order valence-electron chi connectivity index (χ2n) is 5.51. The lowest BCUT2D eigenvalue weighted by molar-refractivity contribution is 0.0122. The van der Waals surface area contributed by atoms with Crippen LogP contribution >= 0.6 is 0 Å². The quantitative estimate of drug-likeness (QED) is 0.730. The van der Waals surface area contributed by atoms with Gasteiger partial charge in [-0.25, -0.2) is 0 Å². The van der Waals surface area contributed by atoms with E-state index in [2.05, 4.69) is 26.1 Å². The van der Waals surface area contributed by atoms with Crippen LogP contribution in [0.15, 0.2) is 0 Å². The number of hydrogen-bond donors (Lipinski definition) is 2. The van der Waals surface area contributed by atoms with Crippen molar-refractivity contribution in [3.63, 3.8) is 0 Å². The summed E-state index contributed by atoms with van der Waals surface area (Å²) in [4.78, 5) is 0. The molecule has 0 spiro atoms. The number of rotatable bonds is 6. The van der Waals surface area contributed by atoms with Crippen molar-refractivity contribution in [2.75, 3.05) is 19.7 Å². The lowest BCUT2D eigenvalue weighted by Gasteiger charge is -2.29. The SMILES string of the molecule is CCC1OCCC1CNCC(C)(O)C(C)C. The molecule has 0 saturated carbocycles. The fourth-order valence-corrected chi connectivity index (χ4v) is 2.09. The van der Waals surface area contributed by atoms with Crippen LogP contribution in [-0.4, -0.2) is 36.5 Å². The molecule has 1 saturated heterocycles. The van der Waals surface area contributed by atoms with E-state index in [1.165, 1.54) is 0 Å². The highest BCUT2D eigenvalue weighted by Crippen LogP contribution is 2.23. The van der Waals surface area contributed by atoms with Crippen LogP contribution in [0.4, 0.5) is 0 Å². The third kappa shape index (κ3) is 3.72. The van der Waals surface area contributed by atoms with Crippen molar-refractivity contribution >= 4 is 0 Å². The average Bonchev–Trinajstić information content (AvgIpc) is 2.64. The lowest BCUT2D eigenvalue weighted by atomic mass is 9.92. The van der Waals surface area contributed by atoms with Gasteiger partial charge in [0.2, 0.25) is 0 Å². The van der Waals surface area contributed by atoms with Crippen LogP contribution in [0.1, 0.15) is 40.5 Å². The van der Waals surface area contributed by atoms with E-state index in [9.17, 15) is 5.11 Å². The van der Waals surface area contributed by atoms with Gasteiger partial charge in [0.15, 0.2) is 0 Å². The molecule has 1 rings (SSSR count). The van der Waals surface area contributed by atoms with Gasteiger partial charge in [0.1, 0.15) is 0 Å². The third-order valence-electron chi connectivity index (χ3n) is 3.88. The van der Waals surface area contributed by atoms with Crippen LogP contribution in [0.3, 0.4) is 0 Å². The molecule has 1 aliphatic rings. The van der Waals surface area contributed by atoms with Crippen LogP contribution in [0.2, 0.25) is 0 Å². The first-order valence-electron chi connectivity index (χ1n) is 6.52. The van der Waals surface area contributed by atoms with E-state index in [-0.39, 0.29) is 5.92 Å². The van der Waals surface area contributed by atoms with Crippen molar-refractivity contribution in [1.29, 1.82) is 0 Å². The molecule has 0 radical (unpaired) electrons. The lowest BCUT2D eigenvalue weighted by Crippen LogP contribution is -2.44. The topological polar surface area (TPSA) is 41.5 Å². The minimum Gasteiger partial charge on any atom is -0.389 e. The smallest absolute Gasteiger partial charge is 0.0766 e. The summed E-state index contributed by atoms with van der Waals surface area (Å²) in [6, 6.07) is 0. The van der Waals surface area contributed by atoms with Crippen molar-refractivity contribution in [2.24, 2.45) is 11.8 Å². The monoisotopic (exact) mass is 229 g/mol. The first-order chi connectivity index (χ1) is 7.47. The van der Waals surface area contributed by atoms with Crippen molar-refractivity contribution in [2.45, 2.75) is 52.2 Å². The molecule has 0 bridgehead atoms. The maximum absolute atomic E-state index is 10.1. The largest absolute Gasteiger partial charge is 0.389 e. The minimum atomic E-state index is -0.610. The molecule has 0 aromatic carbocycles. The molecule has 1 heterocycles. The Balaban J connectivity index is 2.25. The van der Waals surface area contributed by atoms with Crippen LogP contribution in [0.5, 0.6) is 0 Å². The van der Waals surface area contributed by atoms with Gasteiger partial charge in [-0.05, 0) is 31.6 Å². The van der Waals surface area contributed by atoms with Crippen LogP contribution in [0, 0.1) is 11.8 Å². The zero-order valence-electron chi connectivity index (χ0n) is 11.1. The van der Waals surface area contributed by atoms with E-state index in [0.717, 1.165) is 26.0 Å². The van der Waals surface area contributed by atoms with E-state index in [4.69, 9.17) is 4.74 Å². The minimum absolute atomic E-state index is 0.279. The molecule has 1 aliphatic heterocycles. The fraction of sp³-hybridized carbons (Fsp3) is 1.00. The summed E-state index contributed by atoms with van der Waals surface area (Å²) in [5.41, 5.74) is -0.610. The Bertz CT molecular complexity index is 204. The Labute approximate surface area is 99.6 Å². The van der Waals surface area contributed by atoms with E-state index >= 15 is 0 Å². The van der Waals surface area contributed by atoms with Crippen LogP contribution in [0.25, 0.3) is 0 Å². The molecule has 16 heavy (non-hydrogen) atoms.